The average molecular weight is 520 g/mol. The fourth-order valence-corrected chi connectivity index (χ4v) is 4.74. The van der Waals surface area contributed by atoms with Crippen LogP contribution in [0.1, 0.15) is 84.8 Å². The van der Waals surface area contributed by atoms with Crippen LogP contribution in [0.4, 0.5) is 18.0 Å². The molecule has 0 radical (unpaired) electrons. The fourth-order valence-electron chi connectivity index (χ4n) is 3.68. The third kappa shape index (κ3) is 10.2. The van der Waals surface area contributed by atoms with E-state index in [1.54, 1.807) is 46.8 Å². The number of carbonyl (C=O) groups is 1. The van der Waals surface area contributed by atoms with Crippen LogP contribution in [0, 0.1) is 0 Å². The summed E-state index contributed by atoms with van der Waals surface area (Å²) in [6.45, 7) is 11.3. The molecular weight excluding hydrogens is 479 g/mol. The van der Waals surface area contributed by atoms with E-state index in [-0.39, 0.29) is 18.1 Å². The van der Waals surface area contributed by atoms with Crippen molar-refractivity contribution in [3.05, 3.63) is 29.3 Å². The minimum atomic E-state index is -4.44. The molecule has 0 aliphatic carbocycles. The molecule has 0 aromatic heterocycles. The fraction of sp³-hybridized carbons (Fsp3) is 0.731. The van der Waals surface area contributed by atoms with Gasteiger partial charge >= 0.3 is 12.3 Å². The van der Waals surface area contributed by atoms with Gasteiger partial charge in [-0.2, -0.15) is 13.2 Å². The lowest BCUT2D eigenvalue weighted by molar-refractivity contribution is -0.271. The molecule has 1 fully saturated rings. The number of unbranched alkanes of at least 4 members (excludes halogenated alkanes) is 3. The lowest BCUT2D eigenvalue weighted by Gasteiger charge is -2.44. The van der Waals surface area contributed by atoms with Crippen molar-refractivity contribution in [2.45, 2.75) is 108 Å². The number of aryl methyl sites for hydroxylation is 1. The molecule has 1 aliphatic rings. The van der Waals surface area contributed by atoms with E-state index in [9.17, 15) is 18.0 Å². The second-order valence-corrected chi connectivity index (χ2v) is 11.8. The molecule has 1 aromatic carbocycles. The normalized spacial score (nSPS) is 17.7. The number of carbonyl (C=O) groups excluding carboxylic acids is 1. The Morgan fingerprint density at radius 1 is 1.11 bits per heavy atom. The van der Waals surface area contributed by atoms with Crippen LogP contribution in [0.15, 0.2) is 23.1 Å². The van der Waals surface area contributed by atoms with Crippen LogP contribution in [0.2, 0.25) is 0 Å². The maximum absolute atomic E-state index is 13.8. The number of alkyl halides is 3. The van der Waals surface area contributed by atoms with Crippen LogP contribution in [0.25, 0.3) is 0 Å². The topological polar surface area (TPSA) is 56.8 Å². The van der Waals surface area contributed by atoms with Gasteiger partial charge in [-0.15, -0.1) is 11.8 Å². The highest BCUT2D eigenvalue weighted by atomic mass is 32.2. The smallest absolute Gasteiger partial charge is 0.417 e. The maximum atomic E-state index is 13.8. The van der Waals surface area contributed by atoms with Gasteiger partial charge in [-0.1, -0.05) is 32.3 Å². The molecule has 1 saturated heterocycles. The summed E-state index contributed by atoms with van der Waals surface area (Å²) >= 11 is 1.26. The van der Waals surface area contributed by atoms with Crippen LogP contribution in [-0.2, 0) is 26.8 Å². The number of nitrogens with one attached hydrogen (secondary N) is 1. The first-order chi connectivity index (χ1) is 16.1. The van der Waals surface area contributed by atoms with Gasteiger partial charge < -0.3 is 19.5 Å². The summed E-state index contributed by atoms with van der Waals surface area (Å²) in [6, 6.07) is 4.52. The highest BCUT2D eigenvalue weighted by molar-refractivity contribution is 7.99. The summed E-state index contributed by atoms with van der Waals surface area (Å²) in [5.74, 6) is -0.144. The standard InChI is InChI=1S/C26H40F3NO4S/c1-7-8-9-10-15-35-21-12-11-19(16-20(21)26(27,28)29)13-14-25(17-32-24(5,6)33-18-25)30-22(31)34-23(2,3)4/h11-12,16H,7-10,13-15,17-18H2,1-6H3,(H,30,31). The summed E-state index contributed by atoms with van der Waals surface area (Å²) in [5, 5.41) is 2.86. The minimum absolute atomic E-state index is 0.164. The van der Waals surface area contributed by atoms with E-state index in [0.29, 0.717) is 24.2 Å². The van der Waals surface area contributed by atoms with Crippen molar-refractivity contribution in [1.82, 2.24) is 5.32 Å². The number of halogens is 3. The predicted octanol–water partition coefficient (Wildman–Crippen LogP) is 7.36. The number of alkyl carbamates (subject to hydrolysis) is 1. The highest BCUT2D eigenvalue weighted by Crippen LogP contribution is 2.38. The molecule has 9 heteroatoms. The lowest BCUT2D eigenvalue weighted by atomic mass is 9.91. The number of benzene rings is 1. The van der Waals surface area contributed by atoms with Crippen molar-refractivity contribution in [3.8, 4) is 0 Å². The Bertz CT molecular complexity index is 827. The van der Waals surface area contributed by atoms with Crippen LogP contribution >= 0.6 is 11.8 Å². The van der Waals surface area contributed by atoms with E-state index in [2.05, 4.69) is 12.2 Å². The number of rotatable bonds is 10. The maximum Gasteiger partial charge on any atom is 0.417 e. The number of thioether (sulfide) groups is 1. The zero-order valence-corrected chi connectivity index (χ0v) is 22.6. The first-order valence-corrected chi connectivity index (χ1v) is 13.3. The van der Waals surface area contributed by atoms with Crippen molar-refractivity contribution in [2.75, 3.05) is 19.0 Å². The highest BCUT2D eigenvalue weighted by Gasteiger charge is 2.42. The summed E-state index contributed by atoms with van der Waals surface area (Å²) in [6.07, 6.45) is -0.300. The van der Waals surface area contributed by atoms with Crippen LogP contribution in [-0.4, -0.2) is 42.0 Å². The van der Waals surface area contributed by atoms with Gasteiger partial charge in [0.1, 0.15) is 5.60 Å². The summed E-state index contributed by atoms with van der Waals surface area (Å²) in [7, 11) is 0. The molecule has 0 atom stereocenters. The van der Waals surface area contributed by atoms with E-state index < -0.39 is 34.8 Å². The largest absolute Gasteiger partial charge is 0.444 e. The van der Waals surface area contributed by atoms with E-state index in [4.69, 9.17) is 14.2 Å². The zero-order valence-electron chi connectivity index (χ0n) is 21.8. The second kappa shape index (κ2) is 12.2. The Kier molecular flexibility index (Phi) is 10.4. The van der Waals surface area contributed by atoms with Crippen LogP contribution < -0.4 is 5.32 Å². The van der Waals surface area contributed by atoms with Gasteiger partial charge in [0.15, 0.2) is 5.79 Å². The number of amides is 1. The number of ether oxygens (including phenoxy) is 3. The molecule has 0 bridgehead atoms. The van der Waals surface area contributed by atoms with Gasteiger partial charge in [-0.3, -0.25) is 0 Å². The van der Waals surface area contributed by atoms with Gasteiger partial charge in [0.2, 0.25) is 0 Å². The Morgan fingerprint density at radius 3 is 2.34 bits per heavy atom. The quantitative estimate of drug-likeness (QED) is 0.259. The minimum Gasteiger partial charge on any atom is -0.444 e. The molecule has 1 amide bonds. The van der Waals surface area contributed by atoms with Crippen molar-refractivity contribution in [3.63, 3.8) is 0 Å². The number of hydrogen-bond acceptors (Lipinski definition) is 5. The third-order valence-corrected chi connectivity index (χ3v) is 6.82. The Hall–Kier alpha value is -1.45. The molecule has 1 N–H and O–H groups in total. The predicted molar refractivity (Wildman–Crippen MR) is 133 cm³/mol. The van der Waals surface area contributed by atoms with Crippen molar-refractivity contribution < 1.29 is 32.2 Å². The average Bonchev–Trinajstić information content (AvgIpc) is 2.73. The van der Waals surface area contributed by atoms with Crippen molar-refractivity contribution in [2.24, 2.45) is 0 Å². The van der Waals surface area contributed by atoms with E-state index >= 15 is 0 Å². The Balaban J connectivity index is 2.15. The van der Waals surface area contributed by atoms with Crippen LogP contribution in [0.5, 0.6) is 0 Å². The molecule has 0 saturated carbocycles. The van der Waals surface area contributed by atoms with Gasteiger partial charge in [0.25, 0.3) is 0 Å². The SMILES string of the molecule is CCCCCCSc1ccc(CCC2(NC(=O)OC(C)(C)C)COC(C)(C)OC2)cc1C(F)(F)F. The first kappa shape index (κ1) is 29.8. The summed E-state index contributed by atoms with van der Waals surface area (Å²) < 4.78 is 58.4. The summed E-state index contributed by atoms with van der Waals surface area (Å²) in [4.78, 5) is 12.8. The van der Waals surface area contributed by atoms with Gasteiger partial charge in [-0.05, 0) is 77.3 Å². The monoisotopic (exact) mass is 519 g/mol. The van der Waals surface area contributed by atoms with Crippen molar-refractivity contribution in [1.29, 1.82) is 0 Å². The molecule has 0 spiro atoms. The van der Waals surface area contributed by atoms with Gasteiger partial charge in [-0.25, -0.2) is 4.79 Å². The zero-order chi connectivity index (χ0) is 26.3. The van der Waals surface area contributed by atoms with Gasteiger partial charge in [0, 0.05) is 4.90 Å². The van der Waals surface area contributed by atoms with E-state index in [1.165, 1.54) is 17.8 Å². The molecule has 2 rings (SSSR count). The molecule has 0 unspecified atom stereocenters. The molecular formula is C26H40F3NO4S. The molecule has 1 aliphatic heterocycles. The molecule has 200 valence electrons. The molecule has 1 heterocycles. The van der Waals surface area contributed by atoms with E-state index in [0.717, 1.165) is 25.7 Å². The van der Waals surface area contributed by atoms with Gasteiger partial charge in [0.05, 0.1) is 24.3 Å². The lowest BCUT2D eigenvalue weighted by Crippen LogP contribution is -2.61. The molecule has 5 nitrogen and oxygen atoms in total. The third-order valence-electron chi connectivity index (χ3n) is 5.66. The summed E-state index contributed by atoms with van der Waals surface area (Å²) in [5.41, 5.74) is -1.67. The molecule has 35 heavy (non-hydrogen) atoms. The van der Waals surface area contributed by atoms with Crippen LogP contribution in [0.3, 0.4) is 0 Å². The Labute approximate surface area is 211 Å². The first-order valence-electron chi connectivity index (χ1n) is 12.3. The second-order valence-electron chi connectivity index (χ2n) is 10.6. The Morgan fingerprint density at radius 2 is 1.77 bits per heavy atom. The van der Waals surface area contributed by atoms with Crippen molar-refractivity contribution >= 4 is 17.9 Å². The number of hydrogen-bond donors (Lipinski definition) is 1. The van der Waals surface area contributed by atoms with E-state index in [1.807, 2.05) is 0 Å². The molecule has 1 aromatic rings.